The van der Waals surface area contributed by atoms with Crippen LogP contribution in [-0.2, 0) is 4.74 Å². The predicted molar refractivity (Wildman–Crippen MR) is 93.9 cm³/mol. The Morgan fingerprint density at radius 2 is 1.96 bits per heavy atom. The summed E-state index contributed by atoms with van der Waals surface area (Å²) in [6.07, 6.45) is 6.25. The van der Waals surface area contributed by atoms with Crippen molar-refractivity contribution >= 4 is 23.0 Å². The first kappa shape index (κ1) is 17.5. The van der Waals surface area contributed by atoms with Crippen LogP contribution in [0.4, 0.5) is 11.4 Å². The fourth-order valence-electron chi connectivity index (χ4n) is 4.06. The largest absolute Gasteiger partial charge is 0.378 e. The Hall–Kier alpha value is -1.37. The summed E-state index contributed by atoms with van der Waals surface area (Å²) in [5.41, 5.74) is 1.02. The Morgan fingerprint density at radius 3 is 2.58 bits per heavy atom. The van der Waals surface area contributed by atoms with Crippen LogP contribution in [-0.4, -0.2) is 43.3 Å². The molecular weight excluding hydrogens is 330 g/mol. The number of quaternary nitrogens is 1. The van der Waals surface area contributed by atoms with Crippen LogP contribution in [0, 0.1) is 10.1 Å². The molecule has 1 aliphatic heterocycles. The van der Waals surface area contributed by atoms with Crippen molar-refractivity contribution in [3.8, 4) is 0 Å². The molecule has 6 nitrogen and oxygen atoms in total. The molecule has 2 fully saturated rings. The zero-order valence-electron chi connectivity index (χ0n) is 13.9. The molecule has 1 saturated heterocycles. The molecule has 0 spiro atoms. The number of nitrogens with one attached hydrogen (secondary N) is 2. The van der Waals surface area contributed by atoms with E-state index in [4.69, 9.17) is 16.3 Å². The number of hydrogen-bond donors (Lipinski definition) is 2. The third-order valence-electron chi connectivity index (χ3n) is 5.44. The molecule has 2 N–H and O–H groups in total. The van der Waals surface area contributed by atoms with Gasteiger partial charge >= 0.3 is 0 Å². The topological polar surface area (TPSA) is 68.8 Å². The first-order valence-corrected chi connectivity index (χ1v) is 9.09. The van der Waals surface area contributed by atoms with Gasteiger partial charge in [0.2, 0.25) is 0 Å². The first-order valence-electron chi connectivity index (χ1n) is 8.71. The van der Waals surface area contributed by atoms with Crippen molar-refractivity contribution < 1.29 is 14.6 Å². The number of ether oxygens (including phenoxy) is 1. The van der Waals surface area contributed by atoms with Gasteiger partial charge in [-0.15, -0.1) is 0 Å². The van der Waals surface area contributed by atoms with E-state index in [0.717, 1.165) is 38.5 Å². The first-order chi connectivity index (χ1) is 11.6. The van der Waals surface area contributed by atoms with E-state index in [2.05, 4.69) is 5.32 Å². The molecule has 1 aliphatic carbocycles. The lowest BCUT2D eigenvalue weighted by molar-refractivity contribution is -0.959. The molecule has 24 heavy (non-hydrogen) atoms. The Morgan fingerprint density at radius 1 is 1.25 bits per heavy atom. The third kappa shape index (κ3) is 3.82. The lowest BCUT2D eigenvalue weighted by Gasteiger charge is -2.45. The summed E-state index contributed by atoms with van der Waals surface area (Å²) in [5.74, 6) is 0. The highest BCUT2D eigenvalue weighted by atomic mass is 35.5. The van der Waals surface area contributed by atoms with Crippen LogP contribution in [0.25, 0.3) is 0 Å². The second kappa shape index (κ2) is 7.68. The minimum Gasteiger partial charge on any atom is -0.378 e. The Labute approximate surface area is 147 Å². The van der Waals surface area contributed by atoms with Crippen molar-refractivity contribution in [2.24, 2.45) is 0 Å². The van der Waals surface area contributed by atoms with E-state index < -0.39 is 4.92 Å². The van der Waals surface area contributed by atoms with Gasteiger partial charge in [0.15, 0.2) is 0 Å². The molecule has 1 aromatic carbocycles. The molecule has 0 atom stereocenters. The number of rotatable bonds is 5. The zero-order chi connectivity index (χ0) is 17.0. The Balaban J connectivity index is 1.72. The molecule has 1 heterocycles. The molecule has 2 aliphatic rings. The highest BCUT2D eigenvalue weighted by molar-refractivity contribution is 6.33. The van der Waals surface area contributed by atoms with Crippen LogP contribution in [0.2, 0.25) is 5.02 Å². The number of benzene rings is 1. The molecule has 3 rings (SSSR count). The van der Waals surface area contributed by atoms with Crippen molar-refractivity contribution in [2.75, 3.05) is 38.2 Å². The van der Waals surface area contributed by atoms with E-state index >= 15 is 0 Å². The van der Waals surface area contributed by atoms with E-state index in [1.165, 1.54) is 44.2 Å². The monoisotopic (exact) mass is 354 g/mol. The van der Waals surface area contributed by atoms with E-state index in [1.54, 1.807) is 11.0 Å². The van der Waals surface area contributed by atoms with E-state index in [1.807, 2.05) is 0 Å². The fraction of sp³-hybridized carbons (Fsp3) is 0.647. The van der Waals surface area contributed by atoms with Crippen molar-refractivity contribution in [3.05, 3.63) is 33.3 Å². The number of anilines is 1. The lowest BCUT2D eigenvalue weighted by Crippen LogP contribution is -3.22. The number of morpholine rings is 1. The number of nitrogens with zero attached hydrogens (tertiary/aromatic N) is 1. The van der Waals surface area contributed by atoms with Gasteiger partial charge in [-0.05, 0) is 18.9 Å². The fourth-order valence-corrected chi connectivity index (χ4v) is 4.30. The quantitative estimate of drug-likeness (QED) is 0.628. The Kier molecular flexibility index (Phi) is 5.58. The standard InChI is InChI=1S/C17H24ClN3O3/c18-15-12-14(21(22)23)4-5-16(15)19-13-17(6-2-1-3-7-17)20-8-10-24-11-9-20/h4-5,12,19H,1-3,6-11,13H2/p+1. The number of nitro benzene ring substituents is 1. The summed E-state index contributed by atoms with van der Waals surface area (Å²) in [6, 6.07) is 4.63. The molecule has 7 heteroatoms. The van der Waals surface area contributed by atoms with Gasteiger partial charge in [-0.1, -0.05) is 18.0 Å². The van der Waals surface area contributed by atoms with Gasteiger partial charge in [0.25, 0.3) is 5.69 Å². The minimum absolute atomic E-state index is 0.0248. The molecule has 0 bridgehead atoms. The van der Waals surface area contributed by atoms with E-state index in [0.29, 0.717) is 5.02 Å². The van der Waals surface area contributed by atoms with Crippen LogP contribution in [0.15, 0.2) is 18.2 Å². The molecule has 0 aromatic heterocycles. The SMILES string of the molecule is O=[N+]([O-])c1ccc(NCC2([NH+]3CCOCC3)CCCCC2)c(Cl)c1. The number of nitro groups is 1. The maximum absolute atomic E-state index is 10.8. The van der Waals surface area contributed by atoms with Crippen LogP contribution in [0.1, 0.15) is 32.1 Å². The van der Waals surface area contributed by atoms with Gasteiger partial charge in [-0.2, -0.15) is 0 Å². The molecule has 1 aromatic rings. The normalized spacial score (nSPS) is 21.4. The minimum atomic E-state index is -0.420. The Bertz CT molecular complexity index is 584. The van der Waals surface area contributed by atoms with Crippen molar-refractivity contribution in [1.29, 1.82) is 0 Å². The lowest BCUT2D eigenvalue weighted by atomic mass is 9.79. The molecule has 0 unspecified atom stereocenters. The summed E-state index contributed by atoms with van der Waals surface area (Å²) in [5, 5.41) is 14.7. The second-order valence-corrected chi connectivity index (χ2v) is 7.24. The molecule has 0 amide bonds. The molecule has 0 radical (unpaired) electrons. The summed E-state index contributed by atoms with van der Waals surface area (Å²) < 4.78 is 5.53. The molecular formula is C17H25ClN3O3+. The highest BCUT2D eigenvalue weighted by Gasteiger charge is 2.42. The summed E-state index contributed by atoms with van der Waals surface area (Å²) >= 11 is 6.23. The maximum Gasteiger partial charge on any atom is 0.271 e. The van der Waals surface area contributed by atoms with Crippen LogP contribution in [0.5, 0.6) is 0 Å². The van der Waals surface area contributed by atoms with Crippen molar-refractivity contribution in [2.45, 2.75) is 37.6 Å². The van der Waals surface area contributed by atoms with Crippen molar-refractivity contribution in [1.82, 2.24) is 0 Å². The second-order valence-electron chi connectivity index (χ2n) is 6.83. The zero-order valence-corrected chi connectivity index (χ0v) is 14.6. The maximum atomic E-state index is 10.8. The van der Waals surface area contributed by atoms with Crippen LogP contribution in [0.3, 0.4) is 0 Å². The average molecular weight is 355 g/mol. The van der Waals surface area contributed by atoms with Crippen LogP contribution < -0.4 is 10.2 Å². The third-order valence-corrected chi connectivity index (χ3v) is 5.75. The average Bonchev–Trinajstić information content (AvgIpc) is 2.62. The van der Waals surface area contributed by atoms with Gasteiger partial charge in [0.1, 0.15) is 18.6 Å². The van der Waals surface area contributed by atoms with Crippen LogP contribution >= 0.6 is 11.6 Å². The van der Waals surface area contributed by atoms with E-state index in [9.17, 15) is 10.1 Å². The van der Waals surface area contributed by atoms with Gasteiger partial charge < -0.3 is 15.0 Å². The number of hydrogen-bond acceptors (Lipinski definition) is 4. The van der Waals surface area contributed by atoms with Gasteiger partial charge in [0.05, 0.1) is 35.4 Å². The predicted octanol–water partition coefficient (Wildman–Crippen LogP) is 2.28. The van der Waals surface area contributed by atoms with Crippen molar-refractivity contribution in [3.63, 3.8) is 0 Å². The molecule has 1 saturated carbocycles. The summed E-state index contributed by atoms with van der Waals surface area (Å²) in [4.78, 5) is 12.0. The van der Waals surface area contributed by atoms with Gasteiger partial charge in [0, 0.05) is 25.0 Å². The smallest absolute Gasteiger partial charge is 0.271 e. The number of halogens is 1. The van der Waals surface area contributed by atoms with Gasteiger partial charge in [-0.3, -0.25) is 10.1 Å². The summed E-state index contributed by atoms with van der Waals surface area (Å²) in [7, 11) is 0. The highest BCUT2D eigenvalue weighted by Crippen LogP contribution is 2.30. The van der Waals surface area contributed by atoms with E-state index in [-0.39, 0.29) is 11.2 Å². The van der Waals surface area contributed by atoms with Gasteiger partial charge in [-0.25, -0.2) is 0 Å². The number of non-ortho nitro benzene ring substituents is 1. The molecule has 132 valence electrons. The summed E-state index contributed by atoms with van der Waals surface area (Å²) in [6.45, 7) is 4.61.